The molecule has 17 heavy (non-hydrogen) atoms. The molecule has 0 radical (unpaired) electrons. The average molecular weight is 241 g/mol. The highest BCUT2D eigenvalue weighted by atomic mass is 16.6. The number of hydrogen-bond acceptors (Lipinski definition) is 4. The predicted molar refractivity (Wildman–Crippen MR) is 66.0 cm³/mol. The van der Waals surface area contributed by atoms with Gasteiger partial charge in [-0.1, -0.05) is 0 Å². The monoisotopic (exact) mass is 241 g/mol. The van der Waals surface area contributed by atoms with Crippen molar-refractivity contribution in [2.45, 2.75) is 44.9 Å². The van der Waals surface area contributed by atoms with E-state index in [0.29, 0.717) is 18.6 Å². The van der Waals surface area contributed by atoms with E-state index in [-0.39, 0.29) is 12.2 Å². The molecule has 2 saturated heterocycles. The summed E-state index contributed by atoms with van der Waals surface area (Å²) in [4.78, 5) is 13.4. The van der Waals surface area contributed by atoms with Crippen LogP contribution in [0.15, 0.2) is 0 Å². The second-order valence-electron chi connectivity index (χ2n) is 5.25. The molecule has 2 rings (SSSR count). The van der Waals surface area contributed by atoms with Crippen LogP contribution >= 0.6 is 0 Å². The Balaban J connectivity index is 1.81. The lowest BCUT2D eigenvalue weighted by Gasteiger charge is -2.30. The Kier molecular flexibility index (Phi) is 4.23. The molecule has 0 aromatic rings. The van der Waals surface area contributed by atoms with Gasteiger partial charge in [0.05, 0.1) is 6.54 Å². The zero-order valence-electron chi connectivity index (χ0n) is 10.7. The second-order valence-corrected chi connectivity index (χ2v) is 5.25. The van der Waals surface area contributed by atoms with E-state index >= 15 is 0 Å². The zero-order chi connectivity index (χ0) is 12.3. The van der Waals surface area contributed by atoms with Gasteiger partial charge in [-0.05, 0) is 33.2 Å². The Morgan fingerprint density at radius 3 is 2.82 bits per heavy atom. The van der Waals surface area contributed by atoms with Gasteiger partial charge in [0.2, 0.25) is 0 Å². The highest BCUT2D eigenvalue weighted by Crippen LogP contribution is 2.11. The molecule has 5 heteroatoms. The van der Waals surface area contributed by atoms with Crippen LogP contribution in [0.3, 0.4) is 0 Å². The van der Waals surface area contributed by atoms with Crippen LogP contribution in [0.5, 0.6) is 0 Å². The number of amides is 1. The summed E-state index contributed by atoms with van der Waals surface area (Å²) in [7, 11) is 0. The van der Waals surface area contributed by atoms with Crippen LogP contribution in [0.4, 0.5) is 4.79 Å². The molecule has 2 unspecified atom stereocenters. The van der Waals surface area contributed by atoms with Gasteiger partial charge in [0.1, 0.15) is 6.10 Å². The van der Waals surface area contributed by atoms with Crippen molar-refractivity contribution in [3.8, 4) is 0 Å². The number of nitrogens with zero attached hydrogens (tertiary/aromatic N) is 1. The summed E-state index contributed by atoms with van der Waals surface area (Å²) < 4.78 is 5.19. The summed E-state index contributed by atoms with van der Waals surface area (Å²) in [6.45, 7) is 8.04. The molecule has 0 aromatic heterocycles. The predicted octanol–water partition coefficient (Wildman–Crippen LogP) is 0.557. The Morgan fingerprint density at radius 2 is 2.29 bits per heavy atom. The standard InChI is InChI=1S/C12H23N3O2/c1-9(2)15(7-10-4-3-5-13-10)8-11-6-14-12(16)17-11/h9-11,13H,3-8H2,1-2H3,(H,14,16). The first kappa shape index (κ1) is 12.6. The van der Waals surface area contributed by atoms with Crippen LogP contribution in [-0.2, 0) is 4.74 Å². The maximum absolute atomic E-state index is 11.0. The van der Waals surface area contributed by atoms with Crippen LogP contribution in [0, 0.1) is 0 Å². The first-order valence-corrected chi connectivity index (χ1v) is 6.57. The number of rotatable bonds is 5. The highest BCUT2D eigenvalue weighted by molar-refractivity contribution is 5.69. The summed E-state index contributed by atoms with van der Waals surface area (Å²) in [5.74, 6) is 0. The molecule has 2 atom stereocenters. The molecular weight excluding hydrogens is 218 g/mol. The van der Waals surface area contributed by atoms with Gasteiger partial charge in [0.15, 0.2) is 0 Å². The Bertz CT molecular complexity index is 264. The van der Waals surface area contributed by atoms with Crippen molar-refractivity contribution in [1.82, 2.24) is 15.5 Å². The molecule has 0 spiro atoms. The van der Waals surface area contributed by atoms with Crippen LogP contribution < -0.4 is 10.6 Å². The Hall–Kier alpha value is -0.810. The average Bonchev–Trinajstić information content (AvgIpc) is 2.89. The van der Waals surface area contributed by atoms with E-state index in [2.05, 4.69) is 29.4 Å². The Morgan fingerprint density at radius 1 is 1.47 bits per heavy atom. The lowest BCUT2D eigenvalue weighted by atomic mass is 10.1. The van der Waals surface area contributed by atoms with Crippen LogP contribution in [0.2, 0.25) is 0 Å². The fraction of sp³-hybridized carbons (Fsp3) is 0.917. The number of carbonyl (C=O) groups is 1. The van der Waals surface area contributed by atoms with Gasteiger partial charge in [-0.3, -0.25) is 4.90 Å². The first-order valence-electron chi connectivity index (χ1n) is 6.57. The third-order valence-electron chi connectivity index (χ3n) is 3.53. The molecule has 0 aromatic carbocycles. The maximum Gasteiger partial charge on any atom is 0.407 e. The second kappa shape index (κ2) is 5.69. The van der Waals surface area contributed by atoms with Crippen molar-refractivity contribution >= 4 is 6.09 Å². The first-order chi connectivity index (χ1) is 8.15. The summed E-state index contributed by atoms with van der Waals surface area (Å²) >= 11 is 0. The third kappa shape index (κ3) is 3.57. The molecule has 2 aliphatic rings. The van der Waals surface area contributed by atoms with Crippen molar-refractivity contribution in [2.24, 2.45) is 0 Å². The lowest BCUT2D eigenvalue weighted by Crippen LogP contribution is -2.45. The Labute approximate surface area is 103 Å². The third-order valence-corrected chi connectivity index (χ3v) is 3.53. The van der Waals surface area contributed by atoms with Gasteiger partial charge in [0, 0.05) is 25.2 Å². The number of hydrogen-bond donors (Lipinski definition) is 2. The van der Waals surface area contributed by atoms with E-state index in [1.165, 1.54) is 12.8 Å². The molecule has 0 saturated carbocycles. The summed E-state index contributed by atoms with van der Waals surface area (Å²) in [5, 5.41) is 6.21. The summed E-state index contributed by atoms with van der Waals surface area (Å²) in [6.07, 6.45) is 2.26. The van der Waals surface area contributed by atoms with Crippen molar-refractivity contribution in [2.75, 3.05) is 26.2 Å². The fourth-order valence-electron chi connectivity index (χ4n) is 2.49. The summed E-state index contributed by atoms with van der Waals surface area (Å²) in [5.41, 5.74) is 0. The SMILES string of the molecule is CC(C)N(CC1CCCN1)CC1CNC(=O)O1. The largest absolute Gasteiger partial charge is 0.443 e. The number of alkyl carbamates (subject to hydrolysis) is 1. The van der Waals surface area contributed by atoms with E-state index in [9.17, 15) is 4.79 Å². The molecule has 98 valence electrons. The normalized spacial score (nSPS) is 28.8. The van der Waals surface area contributed by atoms with Gasteiger partial charge in [-0.25, -0.2) is 4.79 Å². The minimum Gasteiger partial charge on any atom is -0.443 e. The van der Waals surface area contributed by atoms with Gasteiger partial charge >= 0.3 is 6.09 Å². The molecule has 2 fully saturated rings. The van der Waals surface area contributed by atoms with Crippen LogP contribution in [-0.4, -0.2) is 55.4 Å². The van der Waals surface area contributed by atoms with E-state index < -0.39 is 0 Å². The van der Waals surface area contributed by atoms with Crippen molar-refractivity contribution in [1.29, 1.82) is 0 Å². The minimum absolute atomic E-state index is 0.00584. The highest BCUT2D eigenvalue weighted by Gasteiger charge is 2.27. The van der Waals surface area contributed by atoms with Gasteiger partial charge < -0.3 is 15.4 Å². The van der Waals surface area contributed by atoms with E-state index in [0.717, 1.165) is 19.6 Å². The van der Waals surface area contributed by atoms with Gasteiger partial charge in [-0.2, -0.15) is 0 Å². The molecule has 0 aliphatic carbocycles. The fourth-order valence-corrected chi connectivity index (χ4v) is 2.49. The van der Waals surface area contributed by atoms with Crippen LogP contribution in [0.25, 0.3) is 0 Å². The molecule has 1 amide bonds. The van der Waals surface area contributed by atoms with Crippen molar-refractivity contribution < 1.29 is 9.53 Å². The lowest BCUT2D eigenvalue weighted by molar-refractivity contribution is 0.0919. The van der Waals surface area contributed by atoms with E-state index in [1.54, 1.807) is 0 Å². The number of ether oxygens (including phenoxy) is 1. The van der Waals surface area contributed by atoms with Gasteiger partial charge in [-0.15, -0.1) is 0 Å². The maximum atomic E-state index is 11.0. The topological polar surface area (TPSA) is 53.6 Å². The molecular formula is C12H23N3O2. The van der Waals surface area contributed by atoms with Gasteiger partial charge in [0.25, 0.3) is 0 Å². The molecule has 2 N–H and O–H groups in total. The molecule has 0 bridgehead atoms. The smallest absolute Gasteiger partial charge is 0.407 e. The quantitative estimate of drug-likeness (QED) is 0.738. The summed E-state index contributed by atoms with van der Waals surface area (Å²) in [6, 6.07) is 1.08. The van der Waals surface area contributed by atoms with Crippen molar-refractivity contribution in [3.63, 3.8) is 0 Å². The minimum atomic E-state index is -0.280. The van der Waals surface area contributed by atoms with E-state index in [1.807, 2.05) is 0 Å². The number of cyclic esters (lactones) is 1. The van der Waals surface area contributed by atoms with Crippen LogP contribution in [0.1, 0.15) is 26.7 Å². The molecule has 2 aliphatic heterocycles. The number of nitrogens with one attached hydrogen (secondary N) is 2. The molecule has 5 nitrogen and oxygen atoms in total. The number of carbonyl (C=O) groups excluding carboxylic acids is 1. The van der Waals surface area contributed by atoms with Crippen molar-refractivity contribution in [3.05, 3.63) is 0 Å². The molecule has 2 heterocycles. The zero-order valence-corrected chi connectivity index (χ0v) is 10.7. The van der Waals surface area contributed by atoms with E-state index in [4.69, 9.17) is 4.74 Å².